The summed E-state index contributed by atoms with van der Waals surface area (Å²) in [5.74, 6) is 2.45. The Morgan fingerprint density at radius 1 is 1.05 bits per heavy atom. The Bertz CT molecular complexity index is 617. The molecule has 0 amide bonds. The van der Waals surface area contributed by atoms with Crippen LogP contribution < -0.4 is 19.5 Å². The number of fused-ring (bicyclic) bond motifs is 1. The van der Waals surface area contributed by atoms with Gasteiger partial charge in [0.25, 0.3) is 0 Å². The molecule has 0 fully saturated rings. The van der Waals surface area contributed by atoms with Gasteiger partial charge in [-0.15, -0.1) is 0 Å². The minimum absolute atomic E-state index is 0.533. The Morgan fingerprint density at radius 3 is 2.43 bits per heavy atom. The molecule has 2 aromatic rings. The van der Waals surface area contributed by atoms with E-state index in [2.05, 4.69) is 22.2 Å². The van der Waals surface area contributed by atoms with Crippen molar-refractivity contribution in [3.8, 4) is 17.2 Å². The molecule has 1 N–H and O–H groups in total. The van der Waals surface area contributed by atoms with Crippen LogP contribution in [0.4, 0.5) is 5.82 Å². The number of hydrogen-bond donors (Lipinski definition) is 1. The number of rotatable bonds is 7. The van der Waals surface area contributed by atoms with Crippen LogP contribution >= 0.6 is 0 Å². The Morgan fingerprint density at radius 2 is 1.81 bits per heavy atom. The van der Waals surface area contributed by atoms with Crippen molar-refractivity contribution in [1.82, 2.24) is 9.97 Å². The maximum atomic E-state index is 5.45. The number of nitrogens with zero attached hydrogens (tertiary/aromatic N) is 2. The molecule has 0 aliphatic rings. The largest absolute Gasteiger partial charge is 0.493 e. The molecule has 6 heteroatoms. The molecule has 0 spiro atoms. The van der Waals surface area contributed by atoms with Gasteiger partial charge in [-0.3, -0.25) is 0 Å². The molecule has 0 aliphatic heterocycles. The zero-order valence-electron chi connectivity index (χ0n) is 12.9. The molecule has 6 nitrogen and oxygen atoms in total. The summed E-state index contributed by atoms with van der Waals surface area (Å²) in [7, 11) is 4.76. The second kappa shape index (κ2) is 6.97. The summed E-state index contributed by atoms with van der Waals surface area (Å²) in [4.78, 5) is 8.62. The highest BCUT2D eigenvalue weighted by molar-refractivity contribution is 5.96. The fourth-order valence-electron chi connectivity index (χ4n) is 2.19. The van der Waals surface area contributed by atoms with Gasteiger partial charge in [0.1, 0.15) is 17.7 Å². The Labute approximate surface area is 124 Å². The topological polar surface area (TPSA) is 65.5 Å². The van der Waals surface area contributed by atoms with Gasteiger partial charge in [0, 0.05) is 6.54 Å². The number of ether oxygens (including phenoxy) is 3. The number of aromatic nitrogens is 2. The smallest absolute Gasteiger partial charge is 0.205 e. The van der Waals surface area contributed by atoms with Crippen LogP contribution in [0, 0.1) is 0 Å². The van der Waals surface area contributed by atoms with Gasteiger partial charge in [-0.25, -0.2) is 9.97 Å². The minimum atomic E-state index is 0.533. The molecule has 0 saturated heterocycles. The number of methoxy groups -OCH3 is 3. The Balaban J connectivity index is 2.58. The van der Waals surface area contributed by atoms with E-state index in [1.165, 1.54) is 6.33 Å². The Hall–Kier alpha value is -2.24. The molecule has 0 radical (unpaired) electrons. The van der Waals surface area contributed by atoms with Gasteiger partial charge in [-0.05, 0) is 12.5 Å². The monoisotopic (exact) mass is 291 g/mol. The van der Waals surface area contributed by atoms with E-state index in [0.717, 1.165) is 30.6 Å². The van der Waals surface area contributed by atoms with Crippen molar-refractivity contribution in [2.75, 3.05) is 33.2 Å². The molecule has 0 unspecified atom stereocenters. The predicted octanol–water partition coefficient (Wildman–Crippen LogP) is 2.87. The molecule has 1 aromatic carbocycles. The van der Waals surface area contributed by atoms with E-state index in [1.54, 1.807) is 21.3 Å². The van der Waals surface area contributed by atoms with Crippen molar-refractivity contribution in [2.24, 2.45) is 0 Å². The van der Waals surface area contributed by atoms with Crippen LogP contribution in [-0.2, 0) is 0 Å². The third kappa shape index (κ3) is 2.94. The molecule has 114 valence electrons. The molecule has 0 bridgehead atoms. The zero-order valence-corrected chi connectivity index (χ0v) is 12.9. The van der Waals surface area contributed by atoms with Crippen LogP contribution in [0.15, 0.2) is 12.4 Å². The second-order valence-electron chi connectivity index (χ2n) is 4.54. The third-order valence-corrected chi connectivity index (χ3v) is 3.26. The summed E-state index contributed by atoms with van der Waals surface area (Å²) in [6.45, 7) is 3.01. The Kier molecular flexibility index (Phi) is 5.03. The van der Waals surface area contributed by atoms with Crippen LogP contribution in [0.2, 0.25) is 0 Å². The summed E-state index contributed by atoms with van der Waals surface area (Å²) < 4.78 is 16.2. The number of anilines is 1. The highest BCUT2D eigenvalue weighted by Crippen LogP contribution is 2.43. The summed E-state index contributed by atoms with van der Waals surface area (Å²) in [6.07, 6.45) is 3.72. The third-order valence-electron chi connectivity index (χ3n) is 3.26. The molecule has 0 saturated carbocycles. The predicted molar refractivity (Wildman–Crippen MR) is 82.6 cm³/mol. The van der Waals surface area contributed by atoms with E-state index in [0.29, 0.717) is 22.8 Å². The highest BCUT2D eigenvalue weighted by atomic mass is 16.5. The lowest BCUT2D eigenvalue weighted by molar-refractivity contribution is 0.327. The van der Waals surface area contributed by atoms with E-state index in [9.17, 15) is 0 Å². The molecule has 0 aliphatic carbocycles. The summed E-state index contributed by atoms with van der Waals surface area (Å²) >= 11 is 0. The van der Waals surface area contributed by atoms with Gasteiger partial charge >= 0.3 is 0 Å². The van der Waals surface area contributed by atoms with Crippen molar-refractivity contribution in [2.45, 2.75) is 19.8 Å². The first-order valence-electron chi connectivity index (χ1n) is 6.94. The molecular formula is C15H21N3O3. The maximum absolute atomic E-state index is 5.45. The maximum Gasteiger partial charge on any atom is 0.205 e. The number of nitrogens with one attached hydrogen (secondary N) is 1. The quantitative estimate of drug-likeness (QED) is 0.791. The van der Waals surface area contributed by atoms with Crippen molar-refractivity contribution < 1.29 is 14.2 Å². The van der Waals surface area contributed by atoms with Gasteiger partial charge < -0.3 is 19.5 Å². The first-order chi connectivity index (χ1) is 10.3. The minimum Gasteiger partial charge on any atom is -0.493 e. The molecule has 1 heterocycles. The average molecular weight is 291 g/mol. The first-order valence-corrected chi connectivity index (χ1v) is 6.94. The second-order valence-corrected chi connectivity index (χ2v) is 4.54. The molecule has 0 atom stereocenters. The number of unbranched alkanes of at least 4 members (excludes halogenated alkanes) is 1. The van der Waals surface area contributed by atoms with Crippen LogP contribution in [0.5, 0.6) is 17.2 Å². The zero-order chi connectivity index (χ0) is 15.2. The lowest BCUT2D eigenvalue weighted by Gasteiger charge is -2.15. The van der Waals surface area contributed by atoms with Crippen LogP contribution in [0.1, 0.15) is 19.8 Å². The summed E-state index contributed by atoms with van der Waals surface area (Å²) in [5.41, 5.74) is 0.698. The van der Waals surface area contributed by atoms with Crippen LogP contribution in [-0.4, -0.2) is 37.8 Å². The van der Waals surface area contributed by atoms with E-state index in [4.69, 9.17) is 14.2 Å². The van der Waals surface area contributed by atoms with Crippen molar-refractivity contribution in [3.63, 3.8) is 0 Å². The van der Waals surface area contributed by atoms with Gasteiger partial charge in [0.05, 0.1) is 26.7 Å². The van der Waals surface area contributed by atoms with Gasteiger partial charge in [-0.2, -0.15) is 0 Å². The molecule has 21 heavy (non-hydrogen) atoms. The lowest BCUT2D eigenvalue weighted by atomic mass is 10.2. The summed E-state index contributed by atoms with van der Waals surface area (Å²) in [5, 5.41) is 4.18. The van der Waals surface area contributed by atoms with Gasteiger partial charge in [0.15, 0.2) is 11.5 Å². The fraction of sp³-hybridized carbons (Fsp3) is 0.467. The molecular weight excluding hydrogens is 270 g/mol. The molecule has 1 aromatic heterocycles. The van der Waals surface area contributed by atoms with Crippen LogP contribution in [0.3, 0.4) is 0 Å². The van der Waals surface area contributed by atoms with Crippen molar-refractivity contribution >= 4 is 16.7 Å². The average Bonchev–Trinajstić information content (AvgIpc) is 2.53. The van der Waals surface area contributed by atoms with Crippen molar-refractivity contribution in [3.05, 3.63) is 12.4 Å². The lowest BCUT2D eigenvalue weighted by Crippen LogP contribution is -2.05. The standard InChI is InChI=1S/C15H21N3O3/c1-5-6-7-16-15-10-8-11(19-2)13(20-3)14(21-4)12(10)17-9-18-15/h8-9H,5-7H2,1-4H3,(H,16,17,18). The highest BCUT2D eigenvalue weighted by Gasteiger charge is 2.19. The van der Waals surface area contributed by atoms with E-state index in [-0.39, 0.29) is 0 Å². The van der Waals surface area contributed by atoms with E-state index >= 15 is 0 Å². The molecule has 2 rings (SSSR count). The van der Waals surface area contributed by atoms with Crippen molar-refractivity contribution in [1.29, 1.82) is 0 Å². The number of benzene rings is 1. The first kappa shape index (κ1) is 15.2. The fourth-order valence-corrected chi connectivity index (χ4v) is 2.19. The summed E-state index contributed by atoms with van der Waals surface area (Å²) in [6, 6.07) is 1.87. The number of hydrogen-bond acceptors (Lipinski definition) is 6. The normalized spacial score (nSPS) is 10.5. The van der Waals surface area contributed by atoms with E-state index < -0.39 is 0 Å². The SMILES string of the molecule is CCCCNc1ncnc2c(OC)c(OC)c(OC)cc12. The van der Waals surface area contributed by atoms with E-state index in [1.807, 2.05) is 6.07 Å². The van der Waals surface area contributed by atoms with Crippen LogP contribution in [0.25, 0.3) is 10.9 Å². The van der Waals surface area contributed by atoms with Gasteiger partial charge in [-0.1, -0.05) is 13.3 Å². The van der Waals surface area contributed by atoms with Gasteiger partial charge in [0.2, 0.25) is 5.75 Å².